The van der Waals surface area contributed by atoms with E-state index >= 15 is 0 Å². The Morgan fingerprint density at radius 3 is 3.19 bits per heavy atom. The van der Waals surface area contributed by atoms with Crippen LogP contribution in [0.15, 0.2) is 28.7 Å². The van der Waals surface area contributed by atoms with Crippen LogP contribution < -0.4 is 10.6 Å². The molecule has 1 atom stereocenters. The highest BCUT2D eigenvalue weighted by atomic mass is 79.9. The first-order valence-electron chi connectivity index (χ1n) is 5.09. The number of thioether (sulfide) groups is 1. The average Bonchev–Trinajstić information content (AvgIpc) is 2.79. The van der Waals surface area contributed by atoms with Crippen molar-refractivity contribution in [3.63, 3.8) is 0 Å². The largest absolute Gasteiger partial charge is 0.351 e. The predicted molar refractivity (Wildman–Crippen MR) is 70.2 cm³/mol. The Morgan fingerprint density at radius 1 is 1.62 bits per heavy atom. The van der Waals surface area contributed by atoms with Crippen molar-refractivity contribution < 1.29 is 4.79 Å². The van der Waals surface area contributed by atoms with Crippen LogP contribution in [-0.4, -0.2) is 23.6 Å². The summed E-state index contributed by atoms with van der Waals surface area (Å²) >= 11 is 5.16. The second-order valence-electron chi connectivity index (χ2n) is 3.62. The standard InChI is InChI=1S/C11H13BrN2OS/c12-9-3-1-2-8(4-9)5-13-11(15)10-6-16-7-14-10/h1-4,10,14H,5-7H2,(H,13,15). The molecule has 1 unspecified atom stereocenters. The molecule has 1 aromatic rings. The third-order valence-corrected chi connectivity index (χ3v) is 3.82. The summed E-state index contributed by atoms with van der Waals surface area (Å²) in [5, 5.41) is 6.08. The van der Waals surface area contributed by atoms with Crippen LogP contribution in [0.2, 0.25) is 0 Å². The van der Waals surface area contributed by atoms with Gasteiger partial charge in [0.2, 0.25) is 5.91 Å². The molecule has 1 fully saturated rings. The van der Waals surface area contributed by atoms with Crippen LogP contribution in [0.3, 0.4) is 0 Å². The van der Waals surface area contributed by atoms with Gasteiger partial charge < -0.3 is 5.32 Å². The fourth-order valence-electron chi connectivity index (χ4n) is 1.52. The van der Waals surface area contributed by atoms with Crippen LogP contribution in [0.5, 0.6) is 0 Å². The summed E-state index contributed by atoms with van der Waals surface area (Å²) in [6, 6.07) is 7.92. The minimum atomic E-state index is -0.0304. The van der Waals surface area contributed by atoms with Gasteiger partial charge in [-0.1, -0.05) is 28.1 Å². The zero-order valence-electron chi connectivity index (χ0n) is 8.70. The Labute approximate surface area is 108 Å². The molecule has 0 spiro atoms. The molecule has 16 heavy (non-hydrogen) atoms. The molecule has 1 aliphatic rings. The second kappa shape index (κ2) is 5.70. The molecule has 1 heterocycles. The Morgan fingerprint density at radius 2 is 2.50 bits per heavy atom. The number of nitrogens with one attached hydrogen (secondary N) is 2. The Balaban J connectivity index is 1.84. The highest BCUT2D eigenvalue weighted by molar-refractivity contribution is 9.10. The minimum absolute atomic E-state index is 0.0304. The van der Waals surface area contributed by atoms with Gasteiger partial charge in [-0.2, -0.15) is 0 Å². The lowest BCUT2D eigenvalue weighted by Gasteiger charge is -2.10. The number of carbonyl (C=O) groups is 1. The number of benzene rings is 1. The monoisotopic (exact) mass is 300 g/mol. The van der Waals surface area contributed by atoms with Gasteiger partial charge in [0, 0.05) is 22.6 Å². The third-order valence-electron chi connectivity index (χ3n) is 2.39. The van der Waals surface area contributed by atoms with Crippen molar-refractivity contribution in [2.45, 2.75) is 12.6 Å². The zero-order valence-corrected chi connectivity index (χ0v) is 11.1. The molecule has 0 radical (unpaired) electrons. The first-order chi connectivity index (χ1) is 7.75. The van der Waals surface area contributed by atoms with Gasteiger partial charge >= 0.3 is 0 Å². The van der Waals surface area contributed by atoms with Crippen molar-refractivity contribution >= 4 is 33.6 Å². The summed E-state index contributed by atoms with van der Waals surface area (Å²) in [5.41, 5.74) is 1.10. The predicted octanol–water partition coefficient (Wildman–Crippen LogP) is 1.73. The molecule has 1 saturated heterocycles. The van der Waals surface area contributed by atoms with Crippen LogP contribution in [0.1, 0.15) is 5.56 Å². The van der Waals surface area contributed by atoms with Crippen molar-refractivity contribution in [1.29, 1.82) is 0 Å². The van der Waals surface area contributed by atoms with E-state index in [9.17, 15) is 4.79 Å². The minimum Gasteiger partial charge on any atom is -0.351 e. The fraction of sp³-hybridized carbons (Fsp3) is 0.364. The number of halogens is 1. The van der Waals surface area contributed by atoms with Crippen molar-refractivity contribution in [2.24, 2.45) is 0 Å². The van der Waals surface area contributed by atoms with Gasteiger partial charge in [0.05, 0.1) is 6.04 Å². The summed E-state index contributed by atoms with van der Waals surface area (Å²) in [4.78, 5) is 11.7. The zero-order chi connectivity index (χ0) is 11.4. The van der Waals surface area contributed by atoms with Crippen molar-refractivity contribution in [2.75, 3.05) is 11.6 Å². The molecule has 0 aromatic heterocycles. The molecule has 1 aromatic carbocycles. The molecule has 0 saturated carbocycles. The summed E-state index contributed by atoms with van der Waals surface area (Å²) < 4.78 is 1.04. The van der Waals surface area contributed by atoms with E-state index in [4.69, 9.17) is 0 Å². The highest BCUT2D eigenvalue weighted by Gasteiger charge is 2.21. The van der Waals surface area contributed by atoms with E-state index in [0.717, 1.165) is 21.7 Å². The Kier molecular flexibility index (Phi) is 4.26. The third kappa shape index (κ3) is 3.23. The molecule has 2 rings (SSSR count). The van der Waals surface area contributed by atoms with Gasteiger partial charge in [-0.15, -0.1) is 11.8 Å². The van der Waals surface area contributed by atoms with Gasteiger partial charge in [0.25, 0.3) is 0 Å². The summed E-state index contributed by atoms with van der Waals surface area (Å²) in [7, 11) is 0. The number of amides is 1. The summed E-state index contributed by atoms with van der Waals surface area (Å²) in [5.74, 6) is 1.82. The van der Waals surface area contributed by atoms with Gasteiger partial charge in [0.1, 0.15) is 0 Å². The van der Waals surface area contributed by atoms with Crippen LogP contribution in [0, 0.1) is 0 Å². The number of rotatable bonds is 3. The number of carbonyl (C=O) groups excluding carboxylic acids is 1. The van der Waals surface area contributed by atoms with E-state index in [1.54, 1.807) is 11.8 Å². The van der Waals surface area contributed by atoms with E-state index < -0.39 is 0 Å². The first kappa shape index (κ1) is 12.0. The van der Waals surface area contributed by atoms with Gasteiger partial charge in [-0.3, -0.25) is 10.1 Å². The Hall–Kier alpha value is -0.520. The second-order valence-corrected chi connectivity index (χ2v) is 5.57. The van der Waals surface area contributed by atoms with Crippen LogP contribution in [0.25, 0.3) is 0 Å². The van der Waals surface area contributed by atoms with Gasteiger partial charge in [-0.25, -0.2) is 0 Å². The van der Waals surface area contributed by atoms with E-state index in [1.807, 2.05) is 24.3 Å². The topological polar surface area (TPSA) is 41.1 Å². The molecule has 0 aliphatic carbocycles. The normalized spacial score (nSPS) is 19.7. The first-order valence-corrected chi connectivity index (χ1v) is 7.04. The van der Waals surface area contributed by atoms with Gasteiger partial charge in [-0.05, 0) is 17.7 Å². The van der Waals surface area contributed by atoms with Crippen molar-refractivity contribution in [3.05, 3.63) is 34.3 Å². The van der Waals surface area contributed by atoms with E-state index in [0.29, 0.717) is 6.54 Å². The molecule has 2 N–H and O–H groups in total. The molecule has 86 valence electrons. The van der Waals surface area contributed by atoms with E-state index in [1.165, 1.54) is 0 Å². The van der Waals surface area contributed by atoms with E-state index in [-0.39, 0.29) is 11.9 Å². The SMILES string of the molecule is O=C(NCc1cccc(Br)c1)C1CSCN1. The maximum absolute atomic E-state index is 11.7. The maximum Gasteiger partial charge on any atom is 0.238 e. The molecule has 3 nitrogen and oxygen atoms in total. The average molecular weight is 301 g/mol. The smallest absolute Gasteiger partial charge is 0.238 e. The summed E-state index contributed by atoms with van der Waals surface area (Å²) in [6.45, 7) is 0.584. The van der Waals surface area contributed by atoms with Crippen molar-refractivity contribution in [1.82, 2.24) is 10.6 Å². The highest BCUT2D eigenvalue weighted by Crippen LogP contribution is 2.12. The fourth-order valence-corrected chi connectivity index (χ4v) is 2.91. The van der Waals surface area contributed by atoms with Crippen LogP contribution in [0.4, 0.5) is 0 Å². The molecule has 1 amide bonds. The lowest BCUT2D eigenvalue weighted by Crippen LogP contribution is -2.41. The van der Waals surface area contributed by atoms with Gasteiger partial charge in [0.15, 0.2) is 0 Å². The molecular weight excluding hydrogens is 288 g/mol. The lowest BCUT2D eigenvalue weighted by molar-refractivity contribution is -0.122. The molecule has 0 bridgehead atoms. The lowest BCUT2D eigenvalue weighted by atomic mass is 10.2. The number of hydrogen-bond donors (Lipinski definition) is 2. The summed E-state index contributed by atoms with van der Waals surface area (Å²) in [6.07, 6.45) is 0. The molecular formula is C11H13BrN2OS. The van der Waals surface area contributed by atoms with E-state index in [2.05, 4.69) is 26.6 Å². The van der Waals surface area contributed by atoms with Crippen LogP contribution in [-0.2, 0) is 11.3 Å². The molecule has 1 aliphatic heterocycles. The maximum atomic E-state index is 11.7. The van der Waals surface area contributed by atoms with Crippen LogP contribution >= 0.6 is 27.7 Å². The Bertz CT molecular complexity index is 380. The molecule has 5 heteroatoms. The number of hydrogen-bond acceptors (Lipinski definition) is 3. The quantitative estimate of drug-likeness (QED) is 0.893. The van der Waals surface area contributed by atoms with Crippen molar-refractivity contribution in [3.8, 4) is 0 Å².